The lowest BCUT2D eigenvalue weighted by atomic mass is 9.81. The first-order valence-corrected chi connectivity index (χ1v) is 15.8. The molecule has 258 valence electrons. The summed E-state index contributed by atoms with van der Waals surface area (Å²) in [6.07, 6.45) is -1.93. The monoisotopic (exact) mass is 686 g/mol. The molecule has 1 aromatic heterocycles. The van der Waals surface area contributed by atoms with Gasteiger partial charge in [0.25, 0.3) is 0 Å². The van der Waals surface area contributed by atoms with Crippen molar-refractivity contribution in [2.24, 2.45) is 18.9 Å². The van der Waals surface area contributed by atoms with E-state index in [2.05, 4.69) is 29.1 Å². The molecule has 5 rings (SSSR count). The highest BCUT2D eigenvalue weighted by molar-refractivity contribution is 5.85. The Morgan fingerprint density at radius 3 is 2.06 bits per heavy atom. The minimum absolute atomic E-state index is 0. The molecule has 47 heavy (non-hydrogen) atoms. The fraction of sp³-hybridized carbons (Fsp3) is 0.529. The van der Waals surface area contributed by atoms with Crippen LogP contribution in [0, 0.1) is 11.8 Å². The lowest BCUT2D eigenvalue weighted by molar-refractivity contribution is -0.147. The van der Waals surface area contributed by atoms with E-state index in [1.165, 1.54) is 18.2 Å². The number of benzene rings is 2. The lowest BCUT2D eigenvalue weighted by Crippen LogP contribution is -2.34. The summed E-state index contributed by atoms with van der Waals surface area (Å²) in [5.41, 5.74) is 1.66. The Hall–Kier alpha value is -3.41. The Labute approximate surface area is 277 Å². The molecule has 2 aliphatic carbocycles. The molecule has 2 aliphatic rings. The number of carbonyl (C=O) groups is 1. The number of aryl methyl sites for hydroxylation is 3. The molecule has 0 spiro atoms. The van der Waals surface area contributed by atoms with Crippen LogP contribution in [0.5, 0.6) is 0 Å². The molecule has 13 heteroatoms. The molecule has 0 N–H and O–H groups in total. The van der Waals surface area contributed by atoms with Gasteiger partial charge < -0.3 is 14.5 Å². The van der Waals surface area contributed by atoms with Crippen molar-refractivity contribution in [3.8, 4) is 0 Å². The number of nitrogens with zero attached hydrogens (tertiary/aromatic N) is 4. The number of anilines is 2. The smallest absolute Gasteiger partial charge is 0.416 e. The van der Waals surface area contributed by atoms with E-state index in [1.807, 2.05) is 0 Å². The molecule has 0 bridgehead atoms. The standard InChI is InChI=1S/C34H40F6N4O2.ClH/c1-4-43(19-22-8-10-24(11-9-22)32(45)46-3)30-17-26-7-5-6-25(26)16-27(30)21-44(31-12-13-42(2)41-31)20-23-14-28(33(35,36)37)18-29(15-23)34(38,39)40;/h12-18,22,24H,4-11,19-21H2,1-3H3;1H. The van der Waals surface area contributed by atoms with Crippen LogP contribution in [0.25, 0.3) is 0 Å². The lowest BCUT2D eigenvalue weighted by Gasteiger charge is -2.35. The molecule has 1 heterocycles. The zero-order chi connectivity index (χ0) is 33.2. The predicted molar refractivity (Wildman–Crippen MR) is 171 cm³/mol. The fourth-order valence-electron chi connectivity index (χ4n) is 6.87. The van der Waals surface area contributed by atoms with Crippen LogP contribution in [0.15, 0.2) is 42.6 Å². The third-order valence-corrected chi connectivity index (χ3v) is 9.28. The molecular formula is C34H41ClF6N4O2. The van der Waals surface area contributed by atoms with Gasteiger partial charge in [-0.2, -0.15) is 31.4 Å². The second-order valence-corrected chi connectivity index (χ2v) is 12.5. The molecule has 0 aliphatic heterocycles. The molecule has 0 atom stereocenters. The number of esters is 1. The summed E-state index contributed by atoms with van der Waals surface area (Å²) >= 11 is 0. The number of ether oxygens (including phenoxy) is 1. The zero-order valence-corrected chi connectivity index (χ0v) is 27.6. The summed E-state index contributed by atoms with van der Waals surface area (Å²) in [4.78, 5) is 16.1. The maximum atomic E-state index is 13.7. The van der Waals surface area contributed by atoms with Gasteiger partial charge in [0.15, 0.2) is 5.82 Å². The van der Waals surface area contributed by atoms with Crippen LogP contribution in [0.3, 0.4) is 0 Å². The van der Waals surface area contributed by atoms with E-state index in [0.717, 1.165) is 81.4 Å². The van der Waals surface area contributed by atoms with Gasteiger partial charge in [-0.05, 0) is 104 Å². The number of alkyl halides is 6. The van der Waals surface area contributed by atoms with E-state index in [0.29, 0.717) is 11.7 Å². The molecule has 0 amide bonds. The normalized spacial score (nSPS) is 18.0. The van der Waals surface area contributed by atoms with Crippen LogP contribution in [0.4, 0.5) is 37.8 Å². The van der Waals surface area contributed by atoms with Gasteiger partial charge in [-0.3, -0.25) is 9.48 Å². The third kappa shape index (κ3) is 8.74. The number of hydrogen-bond acceptors (Lipinski definition) is 5. The predicted octanol–water partition coefficient (Wildman–Crippen LogP) is 8.38. The summed E-state index contributed by atoms with van der Waals surface area (Å²) in [7, 11) is 3.13. The van der Waals surface area contributed by atoms with Crippen LogP contribution in [0.2, 0.25) is 0 Å². The van der Waals surface area contributed by atoms with Crippen LogP contribution in [0.1, 0.15) is 72.4 Å². The molecular weight excluding hydrogens is 646 g/mol. The maximum absolute atomic E-state index is 13.7. The molecule has 0 saturated heterocycles. The molecule has 2 aromatic carbocycles. The average Bonchev–Trinajstić information content (AvgIpc) is 3.66. The Morgan fingerprint density at radius 2 is 1.53 bits per heavy atom. The van der Waals surface area contributed by atoms with E-state index >= 15 is 0 Å². The van der Waals surface area contributed by atoms with E-state index in [1.54, 1.807) is 28.9 Å². The van der Waals surface area contributed by atoms with Crippen molar-refractivity contribution >= 4 is 29.9 Å². The van der Waals surface area contributed by atoms with Crippen molar-refractivity contribution < 1.29 is 35.9 Å². The van der Waals surface area contributed by atoms with Gasteiger partial charge >= 0.3 is 18.3 Å². The SMILES string of the molecule is CCN(CC1CCC(C(=O)OC)CC1)c1cc2c(cc1CN(Cc1cc(C(F)(F)F)cc(C(F)(F)F)c1)c1ccn(C)n1)CCC2.Cl. The van der Waals surface area contributed by atoms with Crippen LogP contribution in [-0.4, -0.2) is 35.9 Å². The Bertz CT molecular complexity index is 1500. The highest BCUT2D eigenvalue weighted by Gasteiger charge is 2.37. The van der Waals surface area contributed by atoms with E-state index in [-0.39, 0.29) is 49.0 Å². The van der Waals surface area contributed by atoms with Gasteiger partial charge in [-0.1, -0.05) is 6.07 Å². The fourth-order valence-corrected chi connectivity index (χ4v) is 6.87. The molecule has 3 aromatic rings. The molecule has 0 unspecified atom stereocenters. The summed E-state index contributed by atoms with van der Waals surface area (Å²) in [5, 5.41) is 4.48. The molecule has 0 radical (unpaired) electrons. The van der Waals surface area contributed by atoms with Crippen molar-refractivity contribution in [2.75, 3.05) is 30.0 Å². The van der Waals surface area contributed by atoms with Crippen molar-refractivity contribution in [1.82, 2.24) is 9.78 Å². The highest BCUT2D eigenvalue weighted by atomic mass is 35.5. The minimum atomic E-state index is -4.93. The third-order valence-electron chi connectivity index (χ3n) is 9.28. The number of halogens is 7. The second kappa shape index (κ2) is 14.8. The summed E-state index contributed by atoms with van der Waals surface area (Å²) in [6, 6.07) is 7.81. The largest absolute Gasteiger partial charge is 0.469 e. The number of hydrogen-bond donors (Lipinski definition) is 0. The van der Waals surface area contributed by atoms with E-state index in [4.69, 9.17) is 4.74 Å². The topological polar surface area (TPSA) is 50.6 Å². The Balaban J connectivity index is 0.00000500. The Kier molecular flexibility index (Phi) is 11.5. The number of rotatable bonds is 10. The van der Waals surface area contributed by atoms with Gasteiger partial charge in [0.05, 0.1) is 24.2 Å². The Morgan fingerprint density at radius 1 is 0.915 bits per heavy atom. The number of methoxy groups -OCH3 is 1. The first-order chi connectivity index (χ1) is 21.7. The summed E-state index contributed by atoms with van der Waals surface area (Å²) in [5.74, 6) is 0.584. The van der Waals surface area contributed by atoms with E-state index < -0.39 is 23.5 Å². The van der Waals surface area contributed by atoms with Crippen LogP contribution in [-0.2, 0) is 54.9 Å². The molecule has 6 nitrogen and oxygen atoms in total. The quantitative estimate of drug-likeness (QED) is 0.159. The van der Waals surface area contributed by atoms with Gasteiger partial charge in [0, 0.05) is 51.2 Å². The van der Waals surface area contributed by atoms with Gasteiger partial charge in [-0.25, -0.2) is 0 Å². The maximum Gasteiger partial charge on any atom is 0.416 e. The summed E-state index contributed by atoms with van der Waals surface area (Å²) < 4.78 is 88.7. The number of fused-ring (bicyclic) bond motifs is 1. The van der Waals surface area contributed by atoms with E-state index in [9.17, 15) is 31.1 Å². The van der Waals surface area contributed by atoms with Gasteiger partial charge in [-0.15, -0.1) is 12.4 Å². The zero-order valence-electron chi connectivity index (χ0n) is 26.8. The van der Waals surface area contributed by atoms with Gasteiger partial charge in [0.1, 0.15) is 0 Å². The number of aromatic nitrogens is 2. The van der Waals surface area contributed by atoms with Crippen molar-refractivity contribution in [2.45, 2.75) is 77.3 Å². The van der Waals surface area contributed by atoms with Crippen molar-refractivity contribution in [1.29, 1.82) is 0 Å². The first-order valence-electron chi connectivity index (χ1n) is 15.8. The van der Waals surface area contributed by atoms with Crippen LogP contribution >= 0.6 is 12.4 Å². The second-order valence-electron chi connectivity index (χ2n) is 12.5. The van der Waals surface area contributed by atoms with Crippen molar-refractivity contribution in [3.05, 3.63) is 76.0 Å². The van der Waals surface area contributed by atoms with Crippen LogP contribution < -0.4 is 9.80 Å². The highest BCUT2D eigenvalue weighted by Crippen LogP contribution is 2.38. The summed E-state index contributed by atoms with van der Waals surface area (Å²) in [6.45, 7) is 3.61. The first kappa shape index (κ1) is 36.4. The molecule has 1 fully saturated rings. The average molecular weight is 687 g/mol. The number of carbonyl (C=O) groups excluding carboxylic acids is 1. The minimum Gasteiger partial charge on any atom is -0.469 e. The molecule has 1 saturated carbocycles. The van der Waals surface area contributed by atoms with Crippen molar-refractivity contribution in [3.63, 3.8) is 0 Å². The van der Waals surface area contributed by atoms with Gasteiger partial charge in [0.2, 0.25) is 0 Å².